The Morgan fingerprint density at radius 1 is 1.18 bits per heavy atom. The minimum absolute atomic E-state index is 0.850. The zero-order valence-corrected chi connectivity index (χ0v) is 11.4. The molecule has 0 aromatic heterocycles. The molecule has 0 radical (unpaired) electrons. The molecule has 0 bridgehead atoms. The van der Waals surface area contributed by atoms with Crippen molar-refractivity contribution in [3.8, 4) is 0 Å². The number of benzene rings is 1. The van der Waals surface area contributed by atoms with E-state index in [1.165, 1.54) is 21.3 Å². The molecule has 90 valence electrons. The number of rotatable bonds is 1. The summed E-state index contributed by atoms with van der Waals surface area (Å²) in [4.78, 5) is 2.45. The Morgan fingerprint density at radius 2 is 2.00 bits per heavy atom. The van der Waals surface area contributed by atoms with Crippen LogP contribution in [0.4, 0.5) is 0 Å². The van der Waals surface area contributed by atoms with Gasteiger partial charge in [-0.2, -0.15) is 0 Å². The van der Waals surface area contributed by atoms with Gasteiger partial charge in [0, 0.05) is 28.8 Å². The number of nitrogens with zero attached hydrogens (tertiary/aromatic N) is 1. The Bertz CT molecular complexity index is 450. The average molecular weight is 294 g/mol. The first-order valence-electron chi connectivity index (χ1n) is 6.16. The van der Waals surface area contributed by atoms with Gasteiger partial charge in [-0.25, -0.2) is 0 Å². The topological polar surface area (TPSA) is 12.5 Å². The first kappa shape index (κ1) is 11.3. The molecule has 1 aliphatic heterocycles. The van der Waals surface area contributed by atoms with Crippen molar-refractivity contribution in [3.05, 3.63) is 39.9 Å². The smallest absolute Gasteiger partial charge is 0.0642 e. The molecule has 1 fully saturated rings. The fourth-order valence-corrected chi connectivity index (χ4v) is 3.01. The lowest BCUT2D eigenvalue weighted by Crippen LogP contribution is -2.35. The number of allylic oxidation sites excluding steroid dienone is 1. The maximum atomic E-state index is 5.42. The molecule has 3 rings (SSSR count). The number of fused-ring (bicyclic) bond motifs is 1. The van der Waals surface area contributed by atoms with E-state index in [0.717, 1.165) is 39.1 Å². The molecular formula is C14H16BrNO. The Kier molecular flexibility index (Phi) is 3.21. The summed E-state index contributed by atoms with van der Waals surface area (Å²) >= 11 is 3.55. The van der Waals surface area contributed by atoms with Crippen LogP contribution in [-0.4, -0.2) is 31.2 Å². The van der Waals surface area contributed by atoms with Crippen LogP contribution >= 0.6 is 15.9 Å². The van der Waals surface area contributed by atoms with Crippen molar-refractivity contribution in [2.75, 3.05) is 26.3 Å². The fourth-order valence-electron chi connectivity index (χ4n) is 2.60. The Balaban J connectivity index is 1.93. The molecule has 1 saturated heterocycles. The van der Waals surface area contributed by atoms with Gasteiger partial charge in [0.1, 0.15) is 0 Å². The SMILES string of the molecule is Brc1ccc2c(c1)CCC=C2N1CCOCC1. The zero-order valence-electron chi connectivity index (χ0n) is 9.79. The summed E-state index contributed by atoms with van der Waals surface area (Å²) in [7, 11) is 0. The second-order valence-corrected chi connectivity index (χ2v) is 5.44. The van der Waals surface area contributed by atoms with E-state index in [-0.39, 0.29) is 0 Å². The summed E-state index contributed by atoms with van der Waals surface area (Å²) < 4.78 is 6.60. The second kappa shape index (κ2) is 4.83. The van der Waals surface area contributed by atoms with E-state index in [0.29, 0.717) is 0 Å². The average Bonchev–Trinajstić information content (AvgIpc) is 2.39. The molecular weight excluding hydrogens is 278 g/mol. The first-order valence-corrected chi connectivity index (χ1v) is 6.95. The summed E-state index contributed by atoms with van der Waals surface area (Å²) in [5.41, 5.74) is 4.27. The molecule has 1 aromatic rings. The number of morpholine rings is 1. The lowest BCUT2D eigenvalue weighted by molar-refractivity contribution is 0.0637. The van der Waals surface area contributed by atoms with Gasteiger partial charge in [-0.05, 0) is 30.5 Å². The molecule has 0 spiro atoms. The quantitative estimate of drug-likeness (QED) is 0.789. The van der Waals surface area contributed by atoms with Crippen LogP contribution in [0.5, 0.6) is 0 Å². The first-order chi connectivity index (χ1) is 8.34. The predicted octanol–water partition coefficient (Wildman–Crippen LogP) is 3.07. The highest BCUT2D eigenvalue weighted by atomic mass is 79.9. The minimum atomic E-state index is 0.850. The highest BCUT2D eigenvalue weighted by Gasteiger charge is 2.19. The van der Waals surface area contributed by atoms with E-state index in [1.54, 1.807) is 0 Å². The van der Waals surface area contributed by atoms with Gasteiger partial charge in [0.15, 0.2) is 0 Å². The summed E-state index contributed by atoms with van der Waals surface area (Å²) in [6.45, 7) is 3.73. The van der Waals surface area contributed by atoms with Crippen molar-refractivity contribution in [1.82, 2.24) is 4.90 Å². The predicted molar refractivity (Wildman–Crippen MR) is 72.8 cm³/mol. The van der Waals surface area contributed by atoms with Crippen LogP contribution in [0.15, 0.2) is 28.7 Å². The van der Waals surface area contributed by atoms with Crippen molar-refractivity contribution in [2.24, 2.45) is 0 Å². The van der Waals surface area contributed by atoms with Gasteiger partial charge >= 0.3 is 0 Å². The van der Waals surface area contributed by atoms with E-state index in [9.17, 15) is 0 Å². The van der Waals surface area contributed by atoms with Crippen molar-refractivity contribution < 1.29 is 4.74 Å². The molecule has 0 saturated carbocycles. The lowest BCUT2D eigenvalue weighted by Gasteiger charge is -2.33. The normalized spacial score (nSPS) is 19.8. The van der Waals surface area contributed by atoms with Gasteiger partial charge < -0.3 is 9.64 Å². The molecule has 1 heterocycles. The zero-order chi connectivity index (χ0) is 11.7. The molecule has 0 N–H and O–H groups in total. The Labute approximate surface area is 110 Å². The Hall–Kier alpha value is -0.800. The van der Waals surface area contributed by atoms with Crippen LogP contribution in [0, 0.1) is 0 Å². The standard InChI is InChI=1S/C14H16BrNO/c15-12-4-5-13-11(10-12)2-1-3-14(13)16-6-8-17-9-7-16/h3-5,10H,1-2,6-9H2. The third-order valence-electron chi connectivity index (χ3n) is 3.45. The second-order valence-electron chi connectivity index (χ2n) is 4.53. The minimum Gasteiger partial charge on any atom is -0.378 e. The lowest BCUT2D eigenvalue weighted by atomic mass is 9.94. The van der Waals surface area contributed by atoms with Crippen LogP contribution < -0.4 is 0 Å². The van der Waals surface area contributed by atoms with Crippen molar-refractivity contribution in [2.45, 2.75) is 12.8 Å². The van der Waals surface area contributed by atoms with Gasteiger partial charge in [-0.15, -0.1) is 0 Å². The van der Waals surface area contributed by atoms with Crippen LogP contribution in [0.3, 0.4) is 0 Å². The maximum absolute atomic E-state index is 5.42. The third kappa shape index (κ3) is 2.26. The molecule has 0 amide bonds. The van der Waals surface area contributed by atoms with Gasteiger partial charge in [-0.1, -0.05) is 28.1 Å². The van der Waals surface area contributed by atoms with Crippen LogP contribution in [0.1, 0.15) is 17.5 Å². The molecule has 3 heteroatoms. The number of halogens is 1. The van der Waals surface area contributed by atoms with E-state index < -0.39 is 0 Å². The number of ether oxygens (including phenoxy) is 1. The number of hydrogen-bond donors (Lipinski definition) is 0. The van der Waals surface area contributed by atoms with Gasteiger partial charge in [-0.3, -0.25) is 0 Å². The molecule has 2 nitrogen and oxygen atoms in total. The summed E-state index contributed by atoms with van der Waals surface area (Å²) in [5.74, 6) is 0. The summed E-state index contributed by atoms with van der Waals surface area (Å²) in [5, 5.41) is 0. The number of hydrogen-bond acceptors (Lipinski definition) is 2. The van der Waals surface area contributed by atoms with Crippen LogP contribution in [0.2, 0.25) is 0 Å². The number of aryl methyl sites for hydroxylation is 1. The molecule has 1 aromatic carbocycles. The molecule has 0 atom stereocenters. The van der Waals surface area contributed by atoms with Gasteiger partial charge in [0.25, 0.3) is 0 Å². The van der Waals surface area contributed by atoms with Crippen LogP contribution in [0.25, 0.3) is 5.70 Å². The van der Waals surface area contributed by atoms with Crippen molar-refractivity contribution in [3.63, 3.8) is 0 Å². The van der Waals surface area contributed by atoms with Gasteiger partial charge in [0.2, 0.25) is 0 Å². The van der Waals surface area contributed by atoms with E-state index in [1.807, 2.05) is 0 Å². The highest BCUT2D eigenvalue weighted by Crippen LogP contribution is 2.31. The van der Waals surface area contributed by atoms with Crippen molar-refractivity contribution >= 4 is 21.6 Å². The summed E-state index contributed by atoms with van der Waals surface area (Å²) in [6, 6.07) is 6.63. The largest absolute Gasteiger partial charge is 0.378 e. The molecule has 17 heavy (non-hydrogen) atoms. The monoisotopic (exact) mass is 293 g/mol. The van der Waals surface area contributed by atoms with Gasteiger partial charge in [0.05, 0.1) is 13.2 Å². The third-order valence-corrected chi connectivity index (χ3v) is 3.94. The fraction of sp³-hybridized carbons (Fsp3) is 0.429. The van der Waals surface area contributed by atoms with E-state index in [4.69, 9.17) is 4.74 Å². The summed E-state index contributed by atoms with van der Waals surface area (Å²) in [6.07, 6.45) is 4.68. The molecule has 1 aliphatic carbocycles. The molecule has 0 unspecified atom stereocenters. The van der Waals surface area contributed by atoms with Crippen LogP contribution in [-0.2, 0) is 11.2 Å². The van der Waals surface area contributed by atoms with Crippen molar-refractivity contribution in [1.29, 1.82) is 0 Å². The maximum Gasteiger partial charge on any atom is 0.0642 e. The highest BCUT2D eigenvalue weighted by molar-refractivity contribution is 9.10. The van der Waals surface area contributed by atoms with E-state index in [2.05, 4.69) is 45.1 Å². The Morgan fingerprint density at radius 3 is 2.82 bits per heavy atom. The van der Waals surface area contributed by atoms with E-state index >= 15 is 0 Å². The molecule has 2 aliphatic rings.